The quantitative estimate of drug-likeness (QED) is 0.560. The standard InChI is InChI=1S/C23H25ClN4O3/c1-26-12-2-4-20(26)14-27(15-21-5-3-13-31-21)22(29)16-28(19-10-11-19)23(30)25-18-8-6-17(24)7-9-18/h2-9,12-13,19H,10-11,14-16H2,1H3,(H,25,30). The number of amides is 3. The van der Waals surface area contributed by atoms with Crippen LogP contribution in [-0.4, -0.2) is 38.9 Å². The van der Waals surface area contributed by atoms with Gasteiger partial charge in [0.1, 0.15) is 12.3 Å². The Hall–Kier alpha value is -3.19. The number of benzene rings is 1. The molecule has 3 amide bonds. The number of nitrogens with one attached hydrogen (secondary N) is 1. The van der Waals surface area contributed by atoms with Crippen LogP contribution in [0.15, 0.2) is 65.4 Å². The molecule has 162 valence electrons. The third-order valence-corrected chi connectivity index (χ3v) is 5.59. The van der Waals surface area contributed by atoms with Gasteiger partial charge in [-0.3, -0.25) is 4.79 Å². The van der Waals surface area contributed by atoms with E-state index >= 15 is 0 Å². The summed E-state index contributed by atoms with van der Waals surface area (Å²) >= 11 is 5.92. The lowest BCUT2D eigenvalue weighted by Crippen LogP contribution is -2.45. The molecule has 8 heteroatoms. The molecule has 1 saturated carbocycles. The molecule has 2 aromatic heterocycles. The maximum Gasteiger partial charge on any atom is 0.322 e. The van der Waals surface area contributed by atoms with Crippen LogP contribution in [0, 0.1) is 0 Å². The second kappa shape index (κ2) is 9.31. The number of hydrogen-bond donors (Lipinski definition) is 1. The molecule has 7 nitrogen and oxygen atoms in total. The zero-order valence-electron chi connectivity index (χ0n) is 17.3. The van der Waals surface area contributed by atoms with Crippen LogP contribution < -0.4 is 5.32 Å². The van der Waals surface area contributed by atoms with Crippen molar-refractivity contribution in [3.05, 3.63) is 77.5 Å². The lowest BCUT2D eigenvalue weighted by molar-refractivity contribution is -0.133. The number of carbonyl (C=O) groups is 2. The lowest BCUT2D eigenvalue weighted by atomic mass is 10.3. The molecule has 0 bridgehead atoms. The maximum atomic E-state index is 13.3. The monoisotopic (exact) mass is 440 g/mol. The van der Waals surface area contributed by atoms with Crippen LogP contribution in [0.5, 0.6) is 0 Å². The van der Waals surface area contributed by atoms with Crippen LogP contribution in [0.25, 0.3) is 0 Å². The Kier molecular flexibility index (Phi) is 6.32. The van der Waals surface area contributed by atoms with Gasteiger partial charge in [-0.15, -0.1) is 0 Å². The average molecular weight is 441 g/mol. The first-order valence-corrected chi connectivity index (χ1v) is 10.6. The summed E-state index contributed by atoms with van der Waals surface area (Å²) in [5, 5.41) is 3.47. The van der Waals surface area contributed by atoms with Gasteiger partial charge in [0.15, 0.2) is 0 Å². The smallest absolute Gasteiger partial charge is 0.322 e. The highest BCUT2D eigenvalue weighted by Crippen LogP contribution is 2.28. The Labute approximate surface area is 186 Å². The van der Waals surface area contributed by atoms with E-state index in [9.17, 15) is 9.59 Å². The van der Waals surface area contributed by atoms with Crippen molar-refractivity contribution in [2.24, 2.45) is 7.05 Å². The molecule has 1 fully saturated rings. The van der Waals surface area contributed by atoms with E-state index < -0.39 is 0 Å². The van der Waals surface area contributed by atoms with E-state index in [4.69, 9.17) is 16.0 Å². The topological polar surface area (TPSA) is 70.7 Å². The van der Waals surface area contributed by atoms with E-state index in [1.165, 1.54) is 0 Å². The molecule has 31 heavy (non-hydrogen) atoms. The molecule has 0 spiro atoms. The number of carbonyl (C=O) groups excluding carboxylic acids is 2. The molecule has 0 unspecified atom stereocenters. The van der Waals surface area contributed by atoms with Crippen LogP contribution in [0.4, 0.5) is 10.5 Å². The van der Waals surface area contributed by atoms with E-state index in [1.807, 2.05) is 36.0 Å². The molecule has 3 aromatic rings. The van der Waals surface area contributed by atoms with Gasteiger partial charge in [0, 0.05) is 35.7 Å². The number of aromatic nitrogens is 1. The van der Waals surface area contributed by atoms with Gasteiger partial charge < -0.3 is 24.1 Å². The number of furan rings is 1. The number of halogens is 1. The summed E-state index contributed by atoms with van der Waals surface area (Å²) in [6.07, 6.45) is 5.34. The molecule has 1 aromatic carbocycles. The summed E-state index contributed by atoms with van der Waals surface area (Å²) in [5.41, 5.74) is 1.65. The first-order chi connectivity index (χ1) is 15.0. The minimum atomic E-state index is -0.282. The van der Waals surface area contributed by atoms with Crippen molar-refractivity contribution < 1.29 is 14.0 Å². The van der Waals surface area contributed by atoms with Gasteiger partial charge in [-0.05, 0) is 61.4 Å². The molecular formula is C23H25ClN4O3. The Morgan fingerprint density at radius 1 is 1.13 bits per heavy atom. The van der Waals surface area contributed by atoms with E-state index in [0.29, 0.717) is 29.6 Å². The Morgan fingerprint density at radius 2 is 1.90 bits per heavy atom. The summed E-state index contributed by atoms with van der Waals surface area (Å²) in [6.45, 7) is 0.782. The highest BCUT2D eigenvalue weighted by atomic mass is 35.5. The number of hydrogen-bond acceptors (Lipinski definition) is 3. The number of nitrogens with zero attached hydrogens (tertiary/aromatic N) is 3. The second-order valence-electron chi connectivity index (χ2n) is 7.74. The molecule has 0 atom stereocenters. The molecule has 1 N–H and O–H groups in total. The molecule has 0 aliphatic heterocycles. The van der Waals surface area contributed by atoms with Gasteiger partial charge in [-0.2, -0.15) is 0 Å². The largest absolute Gasteiger partial charge is 0.467 e. The SMILES string of the molecule is Cn1cccc1CN(Cc1ccco1)C(=O)CN(C(=O)Nc1ccc(Cl)cc1)C1CC1. The van der Waals surface area contributed by atoms with Crippen LogP contribution >= 0.6 is 11.6 Å². The minimum absolute atomic E-state index is 0.00915. The lowest BCUT2D eigenvalue weighted by Gasteiger charge is -2.27. The van der Waals surface area contributed by atoms with Gasteiger partial charge in [0.05, 0.1) is 19.4 Å². The van der Waals surface area contributed by atoms with E-state index in [1.54, 1.807) is 46.4 Å². The van der Waals surface area contributed by atoms with Crippen LogP contribution in [0.3, 0.4) is 0 Å². The maximum absolute atomic E-state index is 13.3. The third kappa shape index (κ3) is 5.49. The van der Waals surface area contributed by atoms with Crippen molar-refractivity contribution >= 4 is 29.2 Å². The van der Waals surface area contributed by atoms with E-state index in [-0.39, 0.29) is 24.5 Å². The first-order valence-electron chi connectivity index (χ1n) is 10.2. The van der Waals surface area contributed by atoms with E-state index in [2.05, 4.69) is 5.32 Å². The number of urea groups is 1. The number of rotatable bonds is 8. The fraction of sp³-hybridized carbons (Fsp3) is 0.304. The Morgan fingerprint density at radius 3 is 2.52 bits per heavy atom. The van der Waals surface area contributed by atoms with Crippen molar-refractivity contribution in [2.75, 3.05) is 11.9 Å². The third-order valence-electron chi connectivity index (χ3n) is 5.33. The van der Waals surface area contributed by atoms with Crippen molar-refractivity contribution in [1.29, 1.82) is 0 Å². The molecular weight excluding hydrogens is 416 g/mol. The van der Waals surface area contributed by atoms with Gasteiger partial charge in [0.25, 0.3) is 0 Å². The van der Waals surface area contributed by atoms with Crippen molar-refractivity contribution in [2.45, 2.75) is 32.0 Å². The fourth-order valence-electron chi connectivity index (χ4n) is 3.41. The highest BCUT2D eigenvalue weighted by Gasteiger charge is 2.35. The molecule has 0 radical (unpaired) electrons. The molecule has 1 aliphatic rings. The second-order valence-corrected chi connectivity index (χ2v) is 8.17. The van der Waals surface area contributed by atoms with Gasteiger partial charge in [0.2, 0.25) is 5.91 Å². The first kappa shape index (κ1) is 21.1. The fourth-order valence-corrected chi connectivity index (χ4v) is 3.53. The zero-order valence-corrected chi connectivity index (χ0v) is 18.1. The molecule has 0 saturated heterocycles. The summed E-state index contributed by atoms with van der Waals surface area (Å²) in [4.78, 5) is 29.5. The van der Waals surface area contributed by atoms with Gasteiger partial charge in [-0.25, -0.2) is 4.79 Å². The van der Waals surface area contributed by atoms with Crippen molar-refractivity contribution in [3.8, 4) is 0 Å². The summed E-state index contributed by atoms with van der Waals surface area (Å²) < 4.78 is 7.44. The highest BCUT2D eigenvalue weighted by molar-refractivity contribution is 6.30. The number of aryl methyl sites for hydroxylation is 1. The van der Waals surface area contributed by atoms with Crippen molar-refractivity contribution in [3.63, 3.8) is 0 Å². The summed E-state index contributed by atoms with van der Waals surface area (Å²) in [6, 6.07) is 14.3. The molecule has 4 rings (SSSR count). The van der Waals surface area contributed by atoms with Crippen LogP contribution in [0.2, 0.25) is 5.02 Å². The van der Waals surface area contributed by atoms with Gasteiger partial charge >= 0.3 is 6.03 Å². The Bertz CT molecular complexity index is 1030. The average Bonchev–Trinajstić information content (AvgIpc) is 3.31. The summed E-state index contributed by atoms with van der Waals surface area (Å²) in [5.74, 6) is 0.571. The number of anilines is 1. The molecule has 1 aliphatic carbocycles. The molecule has 2 heterocycles. The minimum Gasteiger partial charge on any atom is -0.467 e. The predicted octanol–water partition coefficient (Wildman–Crippen LogP) is 4.50. The van der Waals surface area contributed by atoms with Crippen molar-refractivity contribution in [1.82, 2.24) is 14.4 Å². The van der Waals surface area contributed by atoms with Crippen LogP contribution in [0.1, 0.15) is 24.3 Å². The Balaban J connectivity index is 1.47. The normalized spacial score (nSPS) is 13.1. The summed E-state index contributed by atoms with van der Waals surface area (Å²) in [7, 11) is 1.95. The van der Waals surface area contributed by atoms with Gasteiger partial charge in [-0.1, -0.05) is 11.6 Å². The zero-order chi connectivity index (χ0) is 21.8. The van der Waals surface area contributed by atoms with E-state index in [0.717, 1.165) is 18.5 Å². The van der Waals surface area contributed by atoms with Crippen LogP contribution in [-0.2, 0) is 24.9 Å². The predicted molar refractivity (Wildman–Crippen MR) is 119 cm³/mol.